The summed E-state index contributed by atoms with van der Waals surface area (Å²) in [6, 6.07) is 0. The maximum Gasteiger partial charge on any atom is 0.303 e. The Bertz CT molecular complexity index is 485. The van der Waals surface area contributed by atoms with Crippen LogP contribution in [0.25, 0.3) is 0 Å². The van der Waals surface area contributed by atoms with Crippen molar-refractivity contribution in [2.45, 2.75) is 38.9 Å². The van der Waals surface area contributed by atoms with E-state index in [2.05, 4.69) is 38.8 Å². The van der Waals surface area contributed by atoms with Gasteiger partial charge in [0.2, 0.25) is 0 Å². The lowest BCUT2D eigenvalue weighted by Crippen LogP contribution is -2.55. The van der Waals surface area contributed by atoms with Gasteiger partial charge in [0.1, 0.15) is 13.5 Å². The molecular formula is C9H19N3O2SSi. The van der Waals surface area contributed by atoms with E-state index in [1.54, 1.807) is 0 Å². The van der Waals surface area contributed by atoms with Crippen molar-refractivity contribution in [1.29, 1.82) is 0 Å². The third-order valence-corrected chi connectivity index (χ3v) is 9.56. The van der Waals surface area contributed by atoms with Gasteiger partial charge >= 0.3 is 10.2 Å². The molecule has 0 fully saturated rings. The third kappa shape index (κ3) is 2.21. The zero-order valence-electron chi connectivity index (χ0n) is 10.4. The molecule has 7 heteroatoms. The van der Waals surface area contributed by atoms with Gasteiger partial charge in [0, 0.05) is 12.4 Å². The van der Waals surface area contributed by atoms with Crippen LogP contribution < -0.4 is 10.6 Å². The van der Waals surface area contributed by atoms with E-state index in [-0.39, 0.29) is 5.04 Å². The van der Waals surface area contributed by atoms with Crippen LogP contribution in [0.15, 0.2) is 12.4 Å². The van der Waals surface area contributed by atoms with Gasteiger partial charge in [-0.15, -0.1) is 0 Å². The lowest BCUT2D eigenvalue weighted by molar-refractivity contribution is 0.590. The van der Waals surface area contributed by atoms with Crippen molar-refractivity contribution in [2.75, 3.05) is 0 Å². The van der Waals surface area contributed by atoms with Gasteiger partial charge in [-0.3, -0.25) is 0 Å². The number of aromatic nitrogens is 2. The summed E-state index contributed by atoms with van der Waals surface area (Å²) in [5.41, 5.74) is 0.600. The Morgan fingerprint density at radius 1 is 1.38 bits per heavy atom. The molecule has 0 saturated heterocycles. The fourth-order valence-electron chi connectivity index (χ4n) is 1.27. The molecule has 16 heavy (non-hydrogen) atoms. The molecule has 0 radical (unpaired) electrons. The zero-order chi connectivity index (χ0) is 12.8. The van der Waals surface area contributed by atoms with Crippen LogP contribution >= 0.6 is 0 Å². The summed E-state index contributed by atoms with van der Waals surface area (Å²) in [6.45, 7) is 10.5. The first-order valence-corrected chi connectivity index (χ1v) is 9.55. The van der Waals surface area contributed by atoms with E-state index in [1.807, 2.05) is 0 Å². The molecule has 0 atom stereocenters. The molecule has 5 nitrogen and oxygen atoms in total. The van der Waals surface area contributed by atoms with Crippen molar-refractivity contribution in [1.82, 2.24) is 8.96 Å². The molecule has 2 N–H and O–H groups in total. The van der Waals surface area contributed by atoms with Crippen LogP contribution in [0.4, 0.5) is 0 Å². The Morgan fingerprint density at radius 2 is 1.88 bits per heavy atom. The average Bonchev–Trinajstić information content (AvgIpc) is 2.47. The minimum Gasteiger partial charge on any atom is -0.246 e. The summed E-state index contributed by atoms with van der Waals surface area (Å²) in [6.07, 6.45) is 2.89. The van der Waals surface area contributed by atoms with Crippen LogP contribution in [0.5, 0.6) is 0 Å². The molecule has 0 aromatic carbocycles. The van der Waals surface area contributed by atoms with Crippen LogP contribution in [0.2, 0.25) is 18.1 Å². The molecule has 0 spiro atoms. The smallest absolute Gasteiger partial charge is 0.246 e. The highest BCUT2D eigenvalue weighted by atomic mass is 32.2. The number of hydrogen-bond acceptors (Lipinski definition) is 3. The normalized spacial score (nSPS) is 14.1. The van der Waals surface area contributed by atoms with E-state index in [0.717, 1.165) is 3.97 Å². The maximum atomic E-state index is 11.4. The minimum atomic E-state index is -3.74. The summed E-state index contributed by atoms with van der Waals surface area (Å²) in [7, 11) is -5.74. The van der Waals surface area contributed by atoms with Crippen molar-refractivity contribution in [3.05, 3.63) is 12.4 Å². The predicted octanol–water partition coefficient (Wildman–Crippen LogP) is 0.650. The van der Waals surface area contributed by atoms with E-state index in [4.69, 9.17) is 5.14 Å². The highest BCUT2D eigenvalue weighted by Crippen LogP contribution is 2.35. The Labute approximate surface area is 97.9 Å². The lowest BCUT2D eigenvalue weighted by Gasteiger charge is -2.35. The molecule has 1 aromatic heterocycles. The molecule has 0 unspecified atom stereocenters. The fraction of sp³-hybridized carbons (Fsp3) is 0.667. The van der Waals surface area contributed by atoms with Gasteiger partial charge in [-0.25, -0.2) is 14.1 Å². The SMILES string of the molecule is CC(C)(C)[Si](C)(C)c1nccn1S(N)(=O)=O. The molecule has 0 saturated carbocycles. The summed E-state index contributed by atoms with van der Waals surface area (Å²) in [5.74, 6) is 0. The van der Waals surface area contributed by atoms with Gasteiger partial charge in [0.25, 0.3) is 0 Å². The summed E-state index contributed by atoms with van der Waals surface area (Å²) in [4.78, 5) is 4.19. The lowest BCUT2D eigenvalue weighted by atomic mass is 10.2. The molecular weight excluding hydrogens is 242 g/mol. The predicted molar refractivity (Wildman–Crippen MR) is 67.6 cm³/mol. The van der Waals surface area contributed by atoms with E-state index < -0.39 is 18.3 Å². The Balaban J connectivity index is 3.42. The summed E-state index contributed by atoms with van der Waals surface area (Å²) >= 11 is 0. The Hall–Kier alpha value is -0.663. The molecule has 0 aliphatic rings. The Morgan fingerprint density at radius 3 is 2.25 bits per heavy atom. The van der Waals surface area contributed by atoms with E-state index in [9.17, 15) is 8.42 Å². The van der Waals surface area contributed by atoms with E-state index in [0.29, 0.717) is 5.45 Å². The van der Waals surface area contributed by atoms with Gasteiger partial charge in [-0.1, -0.05) is 33.9 Å². The second-order valence-electron chi connectivity index (χ2n) is 5.47. The van der Waals surface area contributed by atoms with Crippen molar-refractivity contribution < 1.29 is 8.42 Å². The maximum absolute atomic E-state index is 11.4. The highest BCUT2D eigenvalue weighted by molar-refractivity contribution is 7.87. The van der Waals surface area contributed by atoms with Crippen LogP contribution in [-0.4, -0.2) is 25.4 Å². The van der Waals surface area contributed by atoms with Crippen molar-refractivity contribution >= 4 is 23.7 Å². The van der Waals surface area contributed by atoms with Crippen molar-refractivity contribution in [3.63, 3.8) is 0 Å². The zero-order valence-corrected chi connectivity index (χ0v) is 12.2. The minimum absolute atomic E-state index is 0.0147. The fourth-order valence-corrected chi connectivity index (χ4v) is 4.54. The largest absolute Gasteiger partial charge is 0.303 e. The van der Waals surface area contributed by atoms with Gasteiger partial charge in [0.15, 0.2) is 0 Å². The third-order valence-electron chi connectivity index (χ3n) is 3.32. The highest BCUT2D eigenvalue weighted by Gasteiger charge is 2.41. The number of imidazole rings is 1. The average molecular weight is 261 g/mol. The molecule has 0 aliphatic heterocycles. The van der Waals surface area contributed by atoms with Crippen molar-refractivity contribution in [2.24, 2.45) is 5.14 Å². The standard InChI is InChI=1S/C9H19N3O2SSi/c1-9(2,3)16(4,5)8-11-6-7-12(8)15(10,13)14/h6-7H,1-5H3,(H2,10,13,14). The van der Waals surface area contributed by atoms with Crippen LogP contribution in [-0.2, 0) is 10.2 Å². The van der Waals surface area contributed by atoms with Gasteiger partial charge < -0.3 is 0 Å². The van der Waals surface area contributed by atoms with Crippen LogP contribution in [0, 0.1) is 0 Å². The molecule has 1 rings (SSSR count). The topological polar surface area (TPSA) is 78.0 Å². The molecule has 1 aromatic rings. The molecule has 0 aliphatic carbocycles. The van der Waals surface area contributed by atoms with E-state index >= 15 is 0 Å². The number of nitrogens with two attached hydrogens (primary N) is 1. The number of nitrogens with zero attached hydrogens (tertiary/aromatic N) is 2. The number of hydrogen-bond donors (Lipinski definition) is 1. The van der Waals surface area contributed by atoms with Crippen LogP contribution in [0.3, 0.4) is 0 Å². The summed E-state index contributed by atoms with van der Waals surface area (Å²) < 4.78 is 23.9. The first-order valence-electron chi connectivity index (χ1n) is 5.05. The second kappa shape index (κ2) is 3.68. The molecule has 0 amide bonds. The van der Waals surface area contributed by atoms with Crippen molar-refractivity contribution in [3.8, 4) is 0 Å². The van der Waals surface area contributed by atoms with E-state index in [1.165, 1.54) is 12.4 Å². The van der Waals surface area contributed by atoms with Crippen LogP contribution in [0.1, 0.15) is 20.8 Å². The molecule has 0 bridgehead atoms. The number of rotatable bonds is 2. The first-order chi connectivity index (χ1) is 6.98. The van der Waals surface area contributed by atoms with Gasteiger partial charge in [-0.05, 0) is 5.04 Å². The van der Waals surface area contributed by atoms with Gasteiger partial charge in [0.05, 0.1) is 0 Å². The molecule has 92 valence electrons. The Kier molecular flexibility index (Phi) is 3.08. The van der Waals surface area contributed by atoms with Gasteiger partial charge in [-0.2, -0.15) is 8.42 Å². The summed E-state index contributed by atoms with van der Waals surface area (Å²) in [5, 5.41) is 5.17. The quantitative estimate of drug-likeness (QED) is 0.794. The second-order valence-corrected chi connectivity index (χ2v) is 12.1. The molecule has 1 heterocycles. The monoisotopic (exact) mass is 261 g/mol. The first kappa shape index (κ1) is 13.4.